The van der Waals surface area contributed by atoms with Gasteiger partial charge in [-0.3, -0.25) is 10.4 Å². The van der Waals surface area contributed by atoms with Gasteiger partial charge in [-0.2, -0.15) is 5.10 Å². The largest absolute Gasteiger partial charge is 0.341 e. The number of nitrogens with zero attached hydrogens (tertiary/aromatic N) is 2. The van der Waals surface area contributed by atoms with Crippen molar-refractivity contribution >= 4 is 40.4 Å². The van der Waals surface area contributed by atoms with Gasteiger partial charge in [0.1, 0.15) is 0 Å². The van der Waals surface area contributed by atoms with Gasteiger partial charge in [-0.25, -0.2) is 10.2 Å². The Morgan fingerprint density at radius 2 is 2.10 bits per heavy atom. The number of carbonyl (C=O) groups is 1. The Bertz CT molecular complexity index is 686. The minimum atomic E-state index is -0.464. The number of amides is 2. The van der Waals surface area contributed by atoms with Crippen LogP contribution in [0.1, 0.15) is 18.1 Å². The molecule has 8 heteroatoms. The van der Waals surface area contributed by atoms with Crippen LogP contribution in [-0.2, 0) is 0 Å². The monoisotopic (exact) mass is 307 g/mol. The molecule has 2 rings (SSSR count). The molecule has 2 amide bonds. The molecule has 0 aliphatic carbocycles. The molecule has 0 spiro atoms. The predicted molar refractivity (Wildman–Crippen MR) is 82.8 cm³/mol. The van der Waals surface area contributed by atoms with Gasteiger partial charge in [0, 0.05) is 0 Å². The molecule has 2 aromatic rings. The Kier molecular flexibility index (Phi) is 4.59. The number of aryl methyl sites for hydroxylation is 1. The van der Waals surface area contributed by atoms with Gasteiger partial charge in [0.15, 0.2) is 3.95 Å². The molecule has 0 atom stereocenters. The van der Waals surface area contributed by atoms with Gasteiger partial charge in [-0.15, -0.1) is 5.10 Å². The second kappa shape index (κ2) is 6.40. The molecule has 0 bridgehead atoms. The summed E-state index contributed by atoms with van der Waals surface area (Å²) < 4.78 is 0.500. The quantitative estimate of drug-likeness (QED) is 0.463. The summed E-state index contributed by atoms with van der Waals surface area (Å²) >= 11 is 6.04. The zero-order chi connectivity index (χ0) is 14.5. The van der Waals surface area contributed by atoms with Crippen molar-refractivity contribution in [2.24, 2.45) is 5.10 Å². The van der Waals surface area contributed by atoms with Crippen LogP contribution in [-0.4, -0.2) is 21.9 Å². The highest BCUT2D eigenvalue weighted by atomic mass is 32.1. The van der Waals surface area contributed by atoms with Gasteiger partial charge >= 0.3 is 6.03 Å². The van der Waals surface area contributed by atoms with Crippen LogP contribution in [0, 0.1) is 10.9 Å². The van der Waals surface area contributed by atoms with E-state index in [9.17, 15) is 4.79 Å². The van der Waals surface area contributed by atoms with E-state index in [4.69, 9.17) is 12.2 Å². The molecule has 0 saturated carbocycles. The van der Waals surface area contributed by atoms with Gasteiger partial charge in [-0.05, 0) is 31.6 Å². The molecule has 3 N–H and O–H groups in total. The molecular formula is C12H13N5OS2. The van der Waals surface area contributed by atoms with Crippen molar-refractivity contribution in [3.8, 4) is 0 Å². The third kappa shape index (κ3) is 3.97. The number of rotatable bonds is 3. The highest BCUT2D eigenvalue weighted by molar-refractivity contribution is 7.73. The Morgan fingerprint density at radius 3 is 2.70 bits per heavy atom. The molecule has 0 aliphatic heterocycles. The fraction of sp³-hybridized carbons (Fsp3) is 0.167. The Labute approximate surface area is 124 Å². The second-order valence-corrected chi connectivity index (χ2v) is 5.71. The van der Waals surface area contributed by atoms with Crippen molar-refractivity contribution < 1.29 is 4.79 Å². The van der Waals surface area contributed by atoms with Crippen LogP contribution in [0.4, 0.5) is 9.93 Å². The van der Waals surface area contributed by atoms with Crippen LogP contribution in [0.3, 0.4) is 0 Å². The van der Waals surface area contributed by atoms with Crippen LogP contribution >= 0.6 is 23.6 Å². The minimum Gasteiger partial charge on any atom is -0.281 e. The average molecular weight is 307 g/mol. The van der Waals surface area contributed by atoms with Crippen LogP contribution in [0.5, 0.6) is 0 Å². The summed E-state index contributed by atoms with van der Waals surface area (Å²) in [5, 5.41) is 13.3. The Balaban J connectivity index is 1.96. The maximum atomic E-state index is 11.6. The van der Waals surface area contributed by atoms with Crippen molar-refractivity contribution in [3.05, 3.63) is 39.3 Å². The number of carbonyl (C=O) groups excluding carboxylic acids is 1. The third-order valence-corrected chi connectivity index (χ3v) is 3.46. The number of benzene rings is 1. The lowest BCUT2D eigenvalue weighted by molar-refractivity contribution is 0.252. The minimum absolute atomic E-state index is 0.399. The first-order chi connectivity index (χ1) is 9.54. The highest BCUT2D eigenvalue weighted by Crippen LogP contribution is 2.10. The molecule has 1 heterocycles. The first-order valence-electron chi connectivity index (χ1n) is 5.78. The van der Waals surface area contributed by atoms with Crippen molar-refractivity contribution in [2.45, 2.75) is 13.8 Å². The fourth-order valence-electron chi connectivity index (χ4n) is 1.40. The maximum Gasteiger partial charge on any atom is 0.341 e. The lowest BCUT2D eigenvalue weighted by atomic mass is 10.1. The zero-order valence-electron chi connectivity index (χ0n) is 10.9. The summed E-state index contributed by atoms with van der Waals surface area (Å²) in [6.45, 7) is 3.84. The number of anilines is 1. The van der Waals surface area contributed by atoms with E-state index in [2.05, 4.69) is 26.0 Å². The second-order valence-electron chi connectivity index (χ2n) is 4.05. The number of urea groups is 1. The van der Waals surface area contributed by atoms with Crippen LogP contribution in [0.25, 0.3) is 0 Å². The Morgan fingerprint density at radius 1 is 1.40 bits per heavy atom. The number of aromatic nitrogens is 2. The normalized spacial score (nSPS) is 11.2. The van der Waals surface area contributed by atoms with Gasteiger partial charge < -0.3 is 0 Å². The zero-order valence-corrected chi connectivity index (χ0v) is 12.6. The van der Waals surface area contributed by atoms with Gasteiger partial charge in [0.2, 0.25) is 5.13 Å². The third-order valence-electron chi connectivity index (χ3n) is 2.45. The Hall–Kier alpha value is -2.06. The molecule has 1 aromatic heterocycles. The van der Waals surface area contributed by atoms with E-state index >= 15 is 0 Å². The number of hydrogen-bond donors (Lipinski definition) is 3. The van der Waals surface area contributed by atoms with Crippen LogP contribution in [0.2, 0.25) is 0 Å². The number of H-pyrrole nitrogens is 1. The van der Waals surface area contributed by atoms with Crippen LogP contribution < -0.4 is 10.7 Å². The number of aromatic amines is 1. The first-order valence-corrected chi connectivity index (χ1v) is 7.01. The van der Waals surface area contributed by atoms with Crippen LogP contribution in [0.15, 0.2) is 29.4 Å². The van der Waals surface area contributed by atoms with Crippen molar-refractivity contribution in [3.63, 3.8) is 0 Å². The van der Waals surface area contributed by atoms with E-state index in [1.807, 2.05) is 38.1 Å². The topological polar surface area (TPSA) is 82.2 Å². The molecule has 1 aromatic carbocycles. The van der Waals surface area contributed by atoms with E-state index in [0.717, 1.165) is 11.3 Å². The average Bonchev–Trinajstić information content (AvgIpc) is 2.82. The fourth-order valence-corrected chi connectivity index (χ4v) is 2.19. The predicted octanol–water partition coefficient (Wildman–Crippen LogP) is 3.05. The van der Waals surface area contributed by atoms with E-state index < -0.39 is 6.03 Å². The van der Waals surface area contributed by atoms with E-state index in [0.29, 0.717) is 9.09 Å². The summed E-state index contributed by atoms with van der Waals surface area (Å²) in [6.07, 6.45) is 0. The molecule has 0 aliphatic rings. The summed E-state index contributed by atoms with van der Waals surface area (Å²) in [6, 6.07) is 7.42. The maximum absolute atomic E-state index is 11.6. The summed E-state index contributed by atoms with van der Waals surface area (Å²) in [7, 11) is 0. The molecule has 0 saturated heterocycles. The molecule has 6 nitrogen and oxygen atoms in total. The van der Waals surface area contributed by atoms with Crippen molar-refractivity contribution in [2.75, 3.05) is 5.32 Å². The molecule has 104 valence electrons. The first kappa shape index (κ1) is 14.4. The lowest BCUT2D eigenvalue weighted by Crippen LogP contribution is -2.25. The summed E-state index contributed by atoms with van der Waals surface area (Å²) in [5.74, 6) is 0. The molecular weight excluding hydrogens is 294 g/mol. The standard InChI is InChI=1S/C12H13N5OS2/c1-7-3-5-9(6-4-7)8(2)14-15-10(18)13-11-16-17-12(19)20-11/h3-6H,1-2H3,(H,17,19)(H2,13,15,16,18)/b14-8+. The SMILES string of the molecule is C/C(=N\NC(=O)Nc1n[nH]c(=S)s1)c1ccc(C)cc1. The van der Waals surface area contributed by atoms with E-state index in [-0.39, 0.29) is 0 Å². The molecule has 0 radical (unpaired) electrons. The number of hydrazone groups is 1. The summed E-state index contributed by atoms with van der Waals surface area (Å²) in [5.41, 5.74) is 5.25. The number of nitrogens with one attached hydrogen (secondary N) is 3. The van der Waals surface area contributed by atoms with Crippen molar-refractivity contribution in [1.82, 2.24) is 15.6 Å². The van der Waals surface area contributed by atoms with Crippen molar-refractivity contribution in [1.29, 1.82) is 0 Å². The van der Waals surface area contributed by atoms with E-state index in [1.54, 1.807) is 0 Å². The number of hydrogen-bond acceptors (Lipinski definition) is 5. The lowest BCUT2D eigenvalue weighted by Gasteiger charge is -2.03. The molecule has 0 fully saturated rings. The smallest absolute Gasteiger partial charge is 0.281 e. The highest BCUT2D eigenvalue weighted by Gasteiger charge is 2.04. The summed E-state index contributed by atoms with van der Waals surface area (Å²) in [4.78, 5) is 11.6. The molecule has 0 unspecified atom stereocenters. The molecule has 20 heavy (non-hydrogen) atoms. The van der Waals surface area contributed by atoms with E-state index in [1.165, 1.54) is 16.9 Å². The van der Waals surface area contributed by atoms with Gasteiger partial charge in [0.05, 0.1) is 5.71 Å². The van der Waals surface area contributed by atoms with Gasteiger partial charge in [-0.1, -0.05) is 41.2 Å². The van der Waals surface area contributed by atoms with Gasteiger partial charge in [0.25, 0.3) is 0 Å².